The molecule has 0 radical (unpaired) electrons. The van der Waals surface area contributed by atoms with E-state index in [-0.39, 0.29) is 10.8 Å². The molecule has 0 heterocycles. The van der Waals surface area contributed by atoms with Crippen molar-refractivity contribution in [2.24, 2.45) is 0 Å². The smallest absolute Gasteiger partial charge is 0.242 e. The van der Waals surface area contributed by atoms with E-state index in [4.69, 9.17) is 0 Å². The molecule has 0 aliphatic carbocycles. The second-order valence-electron chi connectivity index (χ2n) is 6.57. The Kier molecular flexibility index (Phi) is 8.38. The number of hydrogen-bond acceptors (Lipinski definition) is 4. The summed E-state index contributed by atoms with van der Waals surface area (Å²) in [5.41, 5.74) is 1.29. The van der Waals surface area contributed by atoms with Gasteiger partial charge in [0.1, 0.15) is 0 Å². The van der Waals surface area contributed by atoms with Gasteiger partial charge in [-0.1, -0.05) is 32.6 Å². The fourth-order valence-corrected chi connectivity index (χ4v) is 3.41. The fraction of sp³-hybridized carbons (Fsp3) is 0.611. The fourth-order valence-electron chi connectivity index (χ4n) is 2.48. The Hall–Kier alpha value is -1.60. The number of carbonyl (C=O) groups is 1. The van der Waals surface area contributed by atoms with Gasteiger partial charge >= 0.3 is 0 Å². The number of hydrogen-bond donors (Lipinski definition) is 1. The lowest BCUT2D eigenvalue weighted by Crippen LogP contribution is -2.23. The third kappa shape index (κ3) is 6.32. The number of rotatable bonds is 10. The summed E-state index contributed by atoms with van der Waals surface area (Å²) >= 11 is 0. The van der Waals surface area contributed by atoms with E-state index >= 15 is 0 Å². The van der Waals surface area contributed by atoms with Gasteiger partial charge in [-0.2, -0.15) is 0 Å². The van der Waals surface area contributed by atoms with Crippen LogP contribution in [-0.4, -0.2) is 46.8 Å². The van der Waals surface area contributed by atoms with Gasteiger partial charge in [0.2, 0.25) is 15.9 Å². The second kappa shape index (κ2) is 9.77. The van der Waals surface area contributed by atoms with E-state index in [9.17, 15) is 13.2 Å². The number of nitrogens with zero attached hydrogens (tertiary/aromatic N) is 2. The average Bonchev–Trinajstić information content (AvgIpc) is 2.54. The number of anilines is 2. The van der Waals surface area contributed by atoms with Gasteiger partial charge < -0.3 is 10.2 Å². The molecule has 7 heteroatoms. The molecule has 1 N–H and O–H groups in total. The summed E-state index contributed by atoms with van der Waals surface area (Å²) in [6, 6.07) is 4.80. The third-order valence-electron chi connectivity index (χ3n) is 4.01. The van der Waals surface area contributed by atoms with Crippen molar-refractivity contribution in [3.05, 3.63) is 18.2 Å². The van der Waals surface area contributed by atoms with Crippen LogP contribution in [0.4, 0.5) is 11.4 Å². The van der Waals surface area contributed by atoms with Crippen molar-refractivity contribution in [1.29, 1.82) is 0 Å². The molecule has 6 nitrogen and oxygen atoms in total. The van der Waals surface area contributed by atoms with E-state index in [0.717, 1.165) is 29.3 Å². The molecule has 0 unspecified atom stereocenters. The minimum atomic E-state index is -3.54. The van der Waals surface area contributed by atoms with Crippen LogP contribution in [0.2, 0.25) is 0 Å². The molecule has 0 aliphatic rings. The number of benzene rings is 1. The van der Waals surface area contributed by atoms with Gasteiger partial charge in [0, 0.05) is 34.6 Å². The van der Waals surface area contributed by atoms with E-state index in [2.05, 4.69) is 12.2 Å². The lowest BCUT2D eigenvalue weighted by atomic mass is 10.1. The average molecular weight is 370 g/mol. The van der Waals surface area contributed by atoms with Crippen molar-refractivity contribution >= 4 is 27.3 Å². The maximum atomic E-state index is 12.3. The summed E-state index contributed by atoms with van der Waals surface area (Å²) in [4.78, 5) is 14.2. The maximum absolute atomic E-state index is 12.3. The van der Waals surface area contributed by atoms with Gasteiger partial charge in [0.15, 0.2) is 0 Å². The molecule has 142 valence electrons. The summed E-state index contributed by atoms with van der Waals surface area (Å²) in [6.45, 7) is 2.16. The summed E-state index contributed by atoms with van der Waals surface area (Å²) in [6.07, 6.45) is 5.84. The zero-order valence-corrected chi connectivity index (χ0v) is 16.8. The van der Waals surface area contributed by atoms with Gasteiger partial charge in [0.05, 0.1) is 16.3 Å². The molecule has 25 heavy (non-hydrogen) atoms. The van der Waals surface area contributed by atoms with E-state index in [1.54, 1.807) is 12.1 Å². The van der Waals surface area contributed by atoms with Gasteiger partial charge in [-0.25, -0.2) is 12.7 Å². The number of nitrogens with one attached hydrogen (secondary N) is 1. The number of sulfonamides is 1. The summed E-state index contributed by atoms with van der Waals surface area (Å²) in [7, 11) is 3.15. The van der Waals surface area contributed by atoms with Crippen LogP contribution in [0.15, 0.2) is 23.1 Å². The predicted molar refractivity (Wildman–Crippen MR) is 104 cm³/mol. The first kappa shape index (κ1) is 21.4. The van der Waals surface area contributed by atoms with E-state index < -0.39 is 10.0 Å². The van der Waals surface area contributed by atoms with Crippen LogP contribution in [0, 0.1) is 0 Å². The summed E-state index contributed by atoms with van der Waals surface area (Å²) in [5, 5.41) is 2.87. The molecular formula is C18H31N3O3S. The highest BCUT2D eigenvalue weighted by atomic mass is 32.2. The van der Waals surface area contributed by atoms with Gasteiger partial charge in [-0.05, 0) is 24.6 Å². The lowest BCUT2D eigenvalue weighted by molar-refractivity contribution is -0.116. The first-order valence-electron chi connectivity index (χ1n) is 8.74. The number of unbranched alkanes of at least 4 members (excludes halogenated alkanes) is 4. The topological polar surface area (TPSA) is 69.7 Å². The molecule has 0 saturated carbocycles. The summed E-state index contributed by atoms with van der Waals surface area (Å²) in [5.74, 6) is -0.0843. The monoisotopic (exact) mass is 369 g/mol. The molecule has 0 aliphatic heterocycles. The Morgan fingerprint density at radius 1 is 1.04 bits per heavy atom. The van der Waals surface area contributed by atoms with Crippen molar-refractivity contribution in [3.8, 4) is 0 Å². The minimum Gasteiger partial charge on any atom is -0.376 e. The first-order valence-corrected chi connectivity index (χ1v) is 10.2. The zero-order chi connectivity index (χ0) is 19.0. The lowest BCUT2D eigenvalue weighted by Gasteiger charge is -2.20. The minimum absolute atomic E-state index is 0.0843. The normalized spacial score (nSPS) is 11.6. The molecule has 1 aromatic rings. The van der Waals surface area contributed by atoms with Crippen molar-refractivity contribution < 1.29 is 13.2 Å². The highest BCUT2D eigenvalue weighted by Crippen LogP contribution is 2.28. The zero-order valence-electron chi connectivity index (χ0n) is 16.0. The second-order valence-corrected chi connectivity index (χ2v) is 8.73. The van der Waals surface area contributed by atoms with Crippen LogP contribution in [-0.2, 0) is 14.8 Å². The van der Waals surface area contributed by atoms with Crippen LogP contribution in [0.3, 0.4) is 0 Å². The number of amides is 1. The summed E-state index contributed by atoms with van der Waals surface area (Å²) < 4.78 is 25.8. The Morgan fingerprint density at radius 2 is 1.68 bits per heavy atom. The Balaban J connectivity index is 2.90. The Labute approximate surface area is 152 Å². The molecule has 1 rings (SSSR count). The van der Waals surface area contributed by atoms with E-state index in [0.29, 0.717) is 12.1 Å². The van der Waals surface area contributed by atoms with Crippen molar-refractivity contribution in [2.75, 3.05) is 38.4 Å². The van der Waals surface area contributed by atoms with Gasteiger partial charge in [0.25, 0.3) is 0 Å². The predicted octanol–water partition coefficient (Wildman–Crippen LogP) is 3.30. The van der Waals surface area contributed by atoms with Crippen molar-refractivity contribution in [1.82, 2.24) is 4.31 Å². The largest absolute Gasteiger partial charge is 0.376 e. The van der Waals surface area contributed by atoms with E-state index in [1.807, 2.05) is 19.0 Å². The molecule has 0 atom stereocenters. The van der Waals surface area contributed by atoms with Crippen LogP contribution in [0.5, 0.6) is 0 Å². The number of carbonyl (C=O) groups excluding carboxylic acids is 1. The molecule has 1 amide bonds. The Bertz CT molecular complexity index is 670. The Morgan fingerprint density at radius 3 is 2.24 bits per heavy atom. The van der Waals surface area contributed by atoms with Crippen molar-refractivity contribution in [3.63, 3.8) is 0 Å². The highest BCUT2D eigenvalue weighted by molar-refractivity contribution is 7.89. The standard InChI is InChI=1S/C18H31N3O3S/c1-6-7-8-9-10-11-18(22)19-16-14-15(25(23,24)21(4)5)12-13-17(16)20(2)3/h12-14H,6-11H2,1-5H3,(H,19,22). The van der Waals surface area contributed by atoms with Crippen LogP contribution in [0.25, 0.3) is 0 Å². The van der Waals surface area contributed by atoms with E-state index in [1.165, 1.54) is 33.0 Å². The quantitative estimate of drug-likeness (QED) is 0.643. The molecule has 0 bridgehead atoms. The molecule has 1 aromatic carbocycles. The highest BCUT2D eigenvalue weighted by Gasteiger charge is 2.20. The maximum Gasteiger partial charge on any atom is 0.242 e. The van der Waals surface area contributed by atoms with Gasteiger partial charge in [-0.3, -0.25) is 4.79 Å². The first-order chi connectivity index (χ1) is 11.7. The van der Waals surface area contributed by atoms with Gasteiger partial charge in [-0.15, -0.1) is 0 Å². The molecule has 0 saturated heterocycles. The molecular weight excluding hydrogens is 338 g/mol. The van der Waals surface area contributed by atoms with Crippen molar-refractivity contribution in [2.45, 2.75) is 50.3 Å². The SMILES string of the molecule is CCCCCCCC(=O)Nc1cc(S(=O)(=O)N(C)C)ccc1N(C)C. The molecule has 0 spiro atoms. The van der Waals surface area contributed by atoms with Crippen LogP contribution in [0.1, 0.15) is 45.4 Å². The molecule has 0 fully saturated rings. The van der Waals surface area contributed by atoms with Crippen LogP contribution < -0.4 is 10.2 Å². The van der Waals surface area contributed by atoms with Crippen LogP contribution >= 0.6 is 0 Å². The molecule has 0 aromatic heterocycles. The third-order valence-corrected chi connectivity index (χ3v) is 5.82.